The largest absolute Gasteiger partial charge is 0.312 e. The van der Waals surface area contributed by atoms with Gasteiger partial charge in [0.15, 0.2) is 0 Å². The molecule has 0 saturated carbocycles. The standard InChI is InChI=1S/C29H31N3O4S/c1-3-28(33)31-16-15-23-19-24(13-14-26(23)31)37(35,36)30-25(18-21-9-5-4-6-10-21)29(34)32-20(2)17-22-11-7-8-12-27(22)32/h4-14,19-20,25,30H,3,15-18H2,1-2H3/t20-,25+/m0/s1. The summed E-state index contributed by atoms with van der Waals surface area (Å²) in [5.41, 5.74) is 4.35. The lowest BCUT2D eigenvalue weighted by molar-refractivity contribution is -0.120. The molecule has 0 fully saturated rings. The van der Waals surface area contributed by atoms with Gasteiger partial charge in [-0.3, -0.25) is 9.59 Å². The molecule has 2 atom stereocenters. The summed E-state index contributed by atoms with van der Waals surface area (Å²) in [7, 11) is -4.01. The average molecular weight is 518 g/mol. The zero-order chi connectivity index (χ0) is 26.2. The fraction of sp³-hybridized carbons (Fsp3) is 0.310. The molecule has 0 radical (unpaired) electrons. The molecule has 0 aliphatic carbocycles. The molecular weight excluding hydrogens is 486 g/mol. The first-order valence-corrected chi connectivity index (χ1v) is 14.2. The first-order chi connectivity index (χ1) is 17.8. The van der Waals surface area contributed by atoms with E-state index in [1.807, 2.05) is 68.4 Å². The van der Waals surface area contributed by atoms with Gasteiger partial charge in [0.2, 0.25) is 21.8 Å². The number of rotatable bonds is 7. The van der Waals surface area contributed by atoms with Crippen LogP contribution in [0.1, 0.15) is 37.0 Å². The van der Waals surface area contributed by atoms with E-state index in [1.54, 1.807) is 21.9 Å². The maximum absolute atomic E-state index is 13.9. The summed E-state index contributed by atoms with van der Waals surface area (Å²) in [5, 5.41) is 0. The summed E-state index contributed by atoms with van der Waals surface area (Å²) in [6, 6.07) is 21.0. The smallest absolute Gasteiger partial charge is 0.245 e. The van der Waals surface area contributed by atoms with E-state index < -0.39 is 16.1 Å². The number of hydrogen-bond donors (Lipinski definition) is 1. The van der Waals surface area contributed by atoms with Gasteiger partial charge >= 0.3 is 0 Å². The quantitative estimate of drug-likeness (QED) is 0.516. The van der Waals surface area contributed by atoms with Crippen molar-refractivity contribution in [1.82, 2.24) is 4.72 Å². The van der Waals surface area contributed by atoms with Crippen LogP contribution in [0.15, 0.2) is 77.7 Å². The van der Waals surface area contributed by atoms with Gasteiger partial charge in [-0.25, -0.2) is 8.42 Å². The minimum atomic E-state index is -4.01. The molecule has 2 heterocycles. The highest BCUT2D eigenvalue weighted by Crippen LogP contribution is 2.33. The van der Waals surface area contributed by atoms with Crippen LogP contribution in [-0.2, 0) is 38.9 Å². The molecule has 0 aromatic heterocycles. The van der Waals surface area contributed by atoms with Gasteiger partial charge in [0.05, 0.1) is 4.90 Å². The van der Waals surface area contributed by atoms with E-state index >= 15 is 0 Å². The molecule has 0 spiro atoms. The number of carbonyl (C=O) groups excluding carboxylic acids is 2. The number of fused-ring (bicyclic) bond motifs is 2. The van der Waals surface area contributed by atoms with E-state index in [0.717, 1.165) is 34.5 Å². The van der Waals surface area contributed by atoms with Crippen molar-refractivity contribution in [3.05, 3.63) is 89.5 Å². The number of anilines is 2. The van der Waals surface area contributed by atoms with Crippen molar-refractivity contribution in [2.45, 2.75) is 56.5 Å². The summed E-state index contributed by atoms with van der Waals surface area (Å²) in [5.74, 6) is -0.258. The van der Waals surface area contributed by atoms with Crippen LogP contribution >= 0.6 is 0 Å². The van der Waals surface area contributed by atoms with E-state index in [0.29, 0.717) is 19.4 Å². The van der Waals surface area contributed by atoms with Crippen LogP contribution in [0.5, 0.6) is 0 Å². The van der Waals surface area contributed by atoms with Gasteiger partial charge in [-0.15, -0.1) is 0 Å². The van der Waals surface area contributed by atoms with Crippen LogP contribution in [0, 0.1) is 0 Å². The number of benzene rings is 3. The molecule has 0 bridgehead atoms. The molecule has 5 rings (SSSR count). The van der Waals surface area contributed by atoms with Gasteiger partial charge < -0.3 is 9.80 Å². The Labute approximate surface area is 218 Å². The molecule has 37 heavy (non-hydrogen) atoms. The highest BCUT2D eigenvalue weighted by molar-refractivity contribution is 7.89. The second-order valence-electron chi connectivity index (χ2n) is 9.69. The van der Waals surface area contributed by atoms with Crippen LogP contribution in [0.3, 0.4) is 0 Å². The van der Waals surface area contributed by atoms with Crippen molar-refractivity contribution in [2.24, 2.45) is 0 Å². The Morgan fingerprint density at radius 1 is 0.973 bits per heavy atom. The van der Waals surface area contributed by atoms with Crippen LogP contribution < -0.4 is 14.5 Å². The van der Waals surface area contributed by atoms with Crippen molar-refractivity contribution in [2.75, 3.05) is 16.3 Å². The summed E-state index contributed by atoms with van der Waals surface area (Å²) < 4.78 is 29.9. The van der Waals surface area contributed by atoms with Gasteiger partial charge in [0, 0.05) is 30.4 Å². The van der Waals surface area contributed by atoms with Gasteiger partial charge in [0.25, 0.3) is 0 Å². The fourth-order valence-electron chi connectivity index (χ4n) is 5.35. The SMILES string of the molecule is CCC(=O)N1CCc2cc(S(=O)(=O)N[C@H](Cc3ccccc3)C(=O)N3c4ccccc4C[C@@H]3C)ccc21. The monoisotopic (exact) mass is 517 g/mol. The number of hydrogen-bond acceptors (Lipinski definition) is 4. The first kappa shape index (κ1) is 25.2. The Kier molecular flexibility index (Phi) is 6.88. The third-order valence-electron chi connectivity index (χ3n) is 7.18. The molecule has 3 aromatic carbocycles. The van der Waals surface area contributed by atoms with Gasteiger partial charge in [0.1, 0.15) is 6.04 Å². The molecular formula is C29H31N3O4S. The highest BCUT2D eigenvalue weighted by Gasteiger charge is 2.37. The lowest BCUT2D eigenvalue weighted by Crippen LogP contribution is -2.51. The Morgan fingerprint density at radius 3 is 2.46 bits per heavy atom. The predicted molar refractivity (Wildman–Crippen MR) is 144 cm³/mol. The molecule has 1 N–H and O–H groups in total. The molecule has 8 heteroatoms. The topological polar surface area (TPSA) is 86.8 Å². The summed E-state index contributed by atoms with van der Waals surface area (Å²) in [4.78, 5) is 29.7. The average Bonchev–Trinajstić information content (AvgIpc) is 3.47. The molecule has 2 aliphatic rings. The zero-order valence-corrected chi connectivity index (χ0v) is 21.9. The van der Waals surface area contributed by atoms with Crippen molar-refractivity contribution < 1.29 is 18.0 Å². The lowest BCUT2D eigenvalue weighted by Gasteiger charge is -2.28. The molecule has 3 aromatic rings. The third kappa shape index (κ3) is 4.91. The molecule has 0 saturated heterocycles. The van der Waals surface area contributed by atoms with Crippen molar-refractivity contribution in [3.8, 4) is 0 Å². The number of sulfonamides is 1. The van der Waals surface area contributed by atoms with E-state index in [-0.39, 0.29) is 29.2 Å². The van der Waals surface area contributed by atoms with E-state index in [4.69, 9.17) is 0 Å². The molecule has 2 aliphatic heterocycles. The Balaban J connectivity index is 1.45. The summed E-state index contributed by atoms with van der Waals surface area (Å²) >= 11 is 0. The summed E-state index contributed by atoms with van der Waals surface area (Å²) in [6.07, 6.45) is 1.94. The zero-order valence-electron chi connectivity index (χ0n) is 21.1. The number of carbonyl (C=O) groups is 2. The molecule has 7 nitrogen and oxygen atoms in total. The Bertz CT molecular complexity index is 1440. The van der Waals surface area contributed by atoms with Crippen LogP contribution in [0.25, 0.3) is 0 Å². The minimum Gasteiger partial charge on any atom is -0.312 e. The number of para-hydroxylation sites is 1. The normalized spacial score (nSPS) is 17.4. The molecule has 2 amide bonds. The van der Waals surface area contributed by atoms with Crippen LogP contribution in [0.4, 0.5) is 11.4 Å². The fourth-order valence-corrected chi connectivity index (χ4v) is 6.59. The molecule has 192 valence electrons. The third-order valence-corrected chi connectivity index (χ3v) is 8.65. The highest BCUT2D eigenvalue weighted by atomic mass is 32.2. The van der Waals surface area contributed by atoms with E-state index in [9.17, 15) is 18.0 Å². The van der Waals surface area contributed by atoms with Crippen molar-refractivity contribution in [1.29, 1.82) is 0 Å². The first-order valence-electron chi connectivity index (χ1n) is 12.7. The maximum Gasteiger partial charge on any atom is 0.245 e. The van der Waals surface area contributed by atoms with E-state index in [2.05, 4.69) is 4.72 Å². The van der Waals surface area contributed by atoms with Gasteiger partial charge in [-0.05, 0) is 67.1 Å². The number of nitrogens with one attached hydrogen (secondary N) is 1. The lowest BCUT2D eigenvalue weighted by atomic mass is 10.1. The number of nitrogens with zero attached hydrogens (tertiary/aromatic N) is 2. The maximum atomic E-state index is 13.9. The Hall–Kier alpha value is -3.49. The molecule has 0 unspecified atom stereocenters. The predicted octanol–water partition coefficient (Wildman–Crippen LogP) is 3.85. The summed E-state index contributed by atoms with van der Waals surface area (Å²) in [6.45, 7) is 4.34. The minimum absolute atomic E-state index is 0.0148. The van der Waals surface area contributed by atoms with Crippen LogP contribution in [0.2, 0.25) is 0 Å². The number of amides is 2. The van der Waals surface area contributed by atoms with Gasteiger partial charge in [-0.2, -0.15) is 4.72 Å². The van der Waals surface area contributed by atoms with Gasteiger partial charge in [-0.1, -0.05) is 55.5 Å². The second kappa shape index (κ2) is 10.1. The van der Waals surface area contributed by atoms with E-state index in [1.165, 1.54) is 6.07 Å². The Morgan fingerprint density at radius 2 is 1.70 bits per heavy atom. The van der Waals surface area contributed by atoms with Crippen LogP contribution in [-0.4, -0.2) is 38.9 Å². The van der Waals surface area contributed by atoms with Crippen molar-refractivity contribution in [3.63, 3.8) is 0 Å². The second-order valence-corrected chi connectivity index (χ2v) is 11.4. The van der Waals surface area contributed by atoms with Crippen molar-refractivity contribution >= 4 is 33.2 Å².